The Morgan fingerprint density at radius 3 is 3.00 bits per heavy atom. The van der Waals surface area contributed by atoms with Crippen LogP contribution in [-0.2, 0) is 11.2 Å². The molecule has 1 N–H and O–H groups in total. The van der Waals surface area contributed by atoms with Crippen molar-refractivity contribution in [2.75, 3.05) is 16.8 Å². The Morgan fingerprint density at radius 1 is 1.38 bits per heavy atom. The van der Waals surface area contributed by atoms with Crippen LogP contribution in [0.3, 0.4) is 0 Å². The van der Waals surface area contributed by atoms with Gasteiger partial charge >= 0.3 is 0 Å². The van der Waals surface area contributed by atoms with Gasteiger partial charge < -0.3 is 10.2 Å². The lowest BCUT2D eigenvalue weighted by atomic mass is 10.1. The first-order valence-electron chi connectivity index (χ1n) is 6.90. The molecule has 1 aromatic carbocycles. The highest BCUT2D eigenvalue weighted by molar-refractivity contribution is 6.32. The highest BCUT2D eigenvalue weighted by Gasteiger charge is 2.27. The maximum Gasteiger partial charge on any atom is 0.243 e. The number of carbonyl (C=O) groups is 1. The molecule has 108 valence electrons. The minimum absolute atomic E-state index is 0.0894. The van der Waals surface area contributed by atoms with Gasteiger partial charge in [-0.15, -0.1) is 0 Å². The summed E-state index contributed by atoms with van der Waals surface area (Å²) in [5.74, 6) is -0.0894. The molecule has 21 heavy (non-hydrogen) atoms. The van der Waals surface area contributed by atoms with E-state index in [2.05, 4.69) is 34.3 Å². The van der Waals surface area contributed by atoms with Crippen molar-refractivity contribution in [2.24, 2.45) is 0 Å². The van der Waals surface area contributed by atoms with Crippen LogP contribution < -0.4 is 10.2 Å². The Balaban J connectivity index is 1.72. The van der Waals surface area contributed by atoms with E-state index in [0.717, 1.165) is 12.1 Å². The van der Waals surface area contributed by atoms with Crippen LogP contribution in [0.15, 0.2) is 42.6 Å². The van der Waals surface area contributed by atoms with E-state index in [9.17, 15) is 4.79 Å². The van der Waals surface area contributed by atoms with Crippen LogP contribution in [0, 0.1) is 0 Å². The average molecular weight is 302 g/mol. The SMILES string of the molecule is CC1Cc2ccccc2N1CC(=O)Nc1cccnc1Cl. The largest absolute Gasteiger partial charge is 0.359 e. The van der Waals surface area contributed by atoms with Crippen molar-refractivity contribution in [1.29, 1.82) is 0 Å². The van der Waals surface area contributed by atoms with Crippen molar-refractivity contribution in [2.45, 2.75) is 19.4 Å². The highest BCUT2D eigenvalue weighted by Crippen LogP contribution is 2.31. The first-order valence-corrected chi connectivity index (χ1v) is 7.28. The quantitative estimate of drug-likeness (QED) is 0.886. The average Bonchev–Trinajstić information content (AvgIpc) is 2.78. The number of aromatic nitrogens is 1. The number of nitrogens with zero attached hydrogens (tertiary/aromatic N) is 2. The van der Waals surface area contributed by atoms with Gasteiger partial charge in [0.15, 0.2) is 5.15 Å². The first-order chi connectivity index (χ1) is 10.1. The van der Waals surface area contributed by atoms with Crippen LogP contribution in [0.1, 0.15) is 12.5 Å². The molecule has 5 heteroatoms. The number of benzene rings is 1. The number of fused-ring (bicyclic) bond motifs is 1. The number of amides is 1. The highest BCUT2D eigenvalue weighted by atomic mass is 35.5. The smallest absolute Gasteiger partial charge is 0.243 e. The van der Waals surface area contributed by atoms with Gasteiger partial charge in [-0.1, -0.05) is 29.8 Å². The zero-order chi connectivity index (χ0) is 14.8. The Labute approximate surface area is 128 Å². The third-order valence-electron chi connectivity index (χ3n) is 3.70. The molecule has 1 atom stereocenters. The monoisotopic (exact) mass is 301 g/mol. The summed E-state index contributed by atoms with van der Waals surface area (Å²) in [5.41, 5.74) is 2.97. The molecule has 1 unspecified atom stereocenters. The molecule has 0 saturated carbocycles. The van der Waals surface area contributed by atoms with Gasteiger partial charge in [0, 0.05) is 17.9 Å². The zero-order valence-corrected chi connectivity index (χ0v) is 12.5. The number of halogens is 1. The van der Waals surface area contributed by atoms with Crippen molar-refractivity contribution < 1.29 is 4.79 Å². The second kappa shape index (κ2) is 5.74. The number of para-hydroxylation sites is 1. The molecule has 1 aliphatic heterocycles. The summed E-state index contributed by atoms with van der Waals surface area (Å²) in [6, 6.07) is 12.0. The lowest BCUT2D eigenvalue weighted by Crippen LogP contribution is -2.37. The fraction of sp³-hybridized carbons (Fsp3) is 0.250. The Kier molecular flexibility index (Phi) is 3.80. The third kappa shape index (κ3) is 2.85. The molecule has 0 spiro atoms. The molecule has 0 bridgehead atoms. The number of rotatable bonds is 3. The summed E-state index contributed by atoms with van der Waals surface area (Å²) in [7, 11) is 0. The van der Waals surface area contributed by atoms with Crippen LogP contribution >= 0.6 is 11.6 Å². The predicted octanol–water partition coefficient (Wildman–Crippen LogP) is 3.12. The summed E-state index contributed by atoms with van der Waals surface area (Å²) in [5, 5.41) is 3.12. The van der Waals surface area contributed by atoms with E-state index < -0.39 is 0 Å². The summed E-state index contributed by atoms with van der Waals surface area (Å²) < 4.78 is 0. The van der Waals surface area contributed by atoms with Gasteiger partial charge in [0.05, 0.1) is 12.2 Å². The van der Waals surface area contributed by atoms with Crippen LogP contribution in [0.5, 0.6) is 0 Å². The van der Waals surface area contributed by atoms with Gasteiger partial charge in [-0.25, -0.2) is 4.98 Å². The fourth-order valence-electron chi connectivity index (χ4n) is 2.69. The maximum atomic E-state index is 12.2. The molecule has 0 aliphatic carbocycles. The molecule has 1 aromatic heterocycles. The number of hydrogen-bond donors (Lipinski definition) is 1. The number of hydrogen-bond acceptors (Lipinski definition) is 3. The molecular formula is C16H16ClN3O. The molecule has 4 nitrogen and oxygen atoms in total. The van der Waals surface area contributed by atoms with Gasteiger partial charge in [-0.05, 0) is 37.1 Å². The number of anilines is 2. The normalized spacial score (nSPS) is 16.7. The molecule has 2 aromatic rings. The number of nitrogens with one attached hydrogen (secondary N) is 1. The molecule has 2 heterocycles. The second-order valence-electron chi connectivity index (χ2n) is 5.20. The third-order valence-corrected chi connectivity index (χ3v) is 4.00. The second-order valence-corrected chi connectivity index (χ2v) is 5.56. The summed E-state index contributed by atoms with van der Waals surface area (Å²) in [4.78, 5) is 18.3. The van der Waals surface area contributed by atoms with E-state index in [1.807, 2.05) is 12.1 Å². The van der Waals surface area contributed by atoms with Gasteiger partial charge in [0.2, 0.25) is 5.91 Å². The van der Waals surface area contributed by atoms with Crippen molar-refractivity contribution in [1.82, 2.24) is 4.98 Å². The predicted molar refractivity (Wildman–Crippen MR) is 84.8 cm³/mol. The van der Waals surface area contributed by atoms with Crippen LogP contribution in [0.2, 0.25) is 5.15 Å². The Morgan fingerprint density at radius 2 is 2.19 bits per heavy atom. The molecule has 0 radical (unpaired) electrons. The van der Waals surface area contributed by atoms with Crippen molar-refractivity contribution in [3.63, 3.8) is 0 Å². The molecular weight excluding hydrogens is 286 g/mol. The van der Waals surface area contributed by atoms with Gasteiger partial charge in [-0.3, -0.25) is 4.79 Å². The minimum Gasteiger partial charge on any atom is -0.359 e. The maximum absolute atomic E-state index is 12.2. The molecule has 1 amide bonds. The van der Waals surface area contributed by atoms with E-state index in [1.54, 1.807) is 18.3 Å². The summed E-state index contributed by atoms with van der Waals surface area (Å²) >= 11 is 5.96. The van der Waals surface area contributed by atoms with Gasteiger partial charge in [-0.2, -0.15) is 0 Å². The van der Waals surface area contributed by atoms with Crippen LogP contribution in [0.25, 0.3) is 0 Å². The van der Waals surface area contributed by atoms with Gasteiger partial charge in [0.1, 0.15) is 0 Å². The van der Waals surface area contributed by atoms with E-state index in [1.165, 1.54) is 5.56 Å². The standard InChI is InChI=1S/C16H16ClN3O/c1-11-9-12-5-2-3-7-14(12)20(11)10-15(21)19-13-6-4-8-18-16(13)17/h2-8,11H,9-10H2,1H3,(H,19,21). The van der Waals surface area contributed by atoms with Crippen LogP contribution in [0.4, 0.5) is 11.4 Å². The van der Waals surface area contributed by atoms with Crippen molar-refractivity contribution in [3.05, 3.63) is 53.3 Å². The van der Waals surface area contributed by atoms with E-state index in [4.69, 9.17) is 11.6 Å². The number of carbonyl (C=O) groups excluding carboxylic acids is 1. The molecule has 1 aliphatic rings. The van der Waals surface area contributed by atoms with Crippen molar-refractivity contribution >= 4 is 28.9 Å². The Bertz CT molecular complexity index is 674. The van der Waals surface area contributed by atoms with E-state index >= 15 is 0 Å². The Hall–Kier alpha value is -2.07. The topological polar surface area (TPSA) is 45.2 Å². The lowest BCUT2D eigenvalue weighted by Gasteiger charge is -2.24. The van der Waals surface area contributed by atoms with E-state index in [-0.39, 0.29) is 5.91 Å². The van der Waals surface area contributed by atoms with Crippen LogP contribution in [-0.4, -0.2) is 23.5 Å². The lowest BCUT2D eigenvalue weighted by molar-refractivity contribution is -0.115. The zero-order valence-electron chi connectivity index (χ0n) is 11.7. The van der Waals surface area contributed by atoms with Gasteiger partial charge in [0.25, 0.3) is 0 Å². The first kappa shape index (κ1) is 13.9. The number of pyridine rings is 1. The van der Waals surface area contributed by atoms with E-state index in [0.29, 0.717) is 23.4 Å². The molecule has 0 fully saturated rings. The van der Waals surface area contributed by atoms with Crippen molar-refractivity contribution in [3.8, 4) is 0 Å². The minimum atomic E-state index is -0.0894. The molecule has 0 saturated heterocycles. The summed E-state index contributed by atoms with van der Waals surface area (Å²) in [6.45, 7) is 2.44. The molecule has 3 rings (SSSR count). The fourth-order valence-corrected chi connectivity index (χ4v) is 2.86. The summed E-state index contributed by atoms with van der Waals surface area (Å²) in [6.07, 6.45) is 2.56.